The van der Waals surface area contributed by atoms with Gasteiger partial charge in [0.1, 0.15) is 17.7 Å². The molecule has 0 spiro atoms. The van der Waals surface area contributed by atoms with E-state index in [-0.39, 0.29) is 25.0 Å². The molecule has 1 rings (SSSR count). The molecule has 3 N–H and O–H groups in total. The van der Waals surface area contributed by atoms with Crippen LogP contribution in [0.4, 0.5) is 4.79 Å². The maximum atomic E-state index is 13.9. The molecule has 3 unspecified atom stereocenters. The van der Waals surface area contributed by atoms with Crippen LogP contribution in [0, 0.1) is 19.8 Å². The molecule has 0 bridgehead atoms. The Labute approximate surface area is 210 Å². The fourth-order valence-electron chi connectivity index (χ4n) is 3.78. The third-order valence-electron chi connectivity index (χ3n) is 6.11. The van der Waals surface area contributed by atoms with Crippen LogP contribution >= 0.6 is 0 Å². The van der Waals surface area contributed by atoms with Gasteiger partial charge < -0.3 is 25.4 Å². The molecule has 0 radical (unpaired) electrons. The molecule has 8 heteroatoms. The first-order chi connectivity index (χ1) is 16.4. The Morgan fingerprint density at radius 2 is 1.80 bits per heavy atom. The molecule has 0 aliphatic heterocycles. The van der Waals surface area contributed by atoms with Gasteiger partial charge >= 0.3 is 6.09 Å². The minimum absolute atomic E-state index is 0.0546. The molecule has 0 fully saturated rings. The number of ether oxygens (including phenoxy) is 1. The van der Waals surface area contributed by atoms with Crippen LogP contribution in [0.1, 0.15) is 83.5 Å². The van der Waals surface area contributed by atoms with Gasteiger partial charge in [-0.1, -0.05) is 51.8 Å². The van der Waals surface area contributed by atoms with Gasteiger partial charge in [-0.15, -0.1) is 0 Å². The second kappa shape index (κ2) is 14.1. The van der Waals surface area contributed by atoms with Gasteiger partial charge in [0, 0.05) is 13.1 Å². The second-order valence-corrected chi connectivity index (χ2v) is 10.1. The minimum Gasteiger partial charge on any atom is -0.444 e. The fourth-order valence-corrected chi connectivity index (χ4v) is 3.78. The highest BCUT2D eigenvalue weighted by Crippen LogP contribution is 2.28. The van der Waals surface area contributed by atoms with Crippen molar-refractivity contribution >= 4 is 17.9 Å². The molecule has 198 valence electrons. The normalized spacial score (nSPS) is 14.0. The molecule has 0 heterocycles. The van der Waals surface area contributed by atoms with Crippen molar-refractivity contribution in [2.24, 2.45) is 5.92 Å². The smallest absolute Gasteiger partial charge is 0.408 e. The number of hydrogen-bond acceptors (Lipinski definition) is 5. The zero-order valence-corrected chi connectivity index (χ0v) is 22.7. The lowest BCUT2D eigenvalue weighted by molar-refractivity contribution is -0.144. The summed E-state index contributed by atoms with van der Waals surface area (Å²) in [7, 11) is 0. The number of aryl methyl sites for hydroxylation is 1. The van der Waals surface area contributed by atoms with Crippen LogP contribution in [0.3, 0.4) is 0 Å². The molecule has 3 atom stereocenters. The molecular formula is C27H45N3O5. The molecular weight excluding hydrogens is 446 g/mol. The molecule has 0 saturated heterocycles. The van der Waals surface area contributed by atoms with Crippen LogP contribution in [0.5, 0.6) is 0 Å². The molecule has 0 aliphatic rings. The van der Waals surface area contributed by atoms with Crippen molar-refractivity contribution in [3.63, 3.8) is 0 Å². The number of benzene rings is 1. The SMILES string of the molecule is CCCCNC(=O)C(c1cccc(C)c1C)N(CCO)C(=O)C(NC(=O)OC(C)(C)C)C(C)CC. The Morgan fingerprint density at radius 1 is 1.14 bits per heavy atom. The van der Waals surface area contributed by atoms with Crippen molar-refractivity contribution in [2.45, 2.75) is 92.3 Å². The van der Waals surface area contributed by atoms with Crippen LogP contribution in [0.15, 0.2) is 18.2 Å². The first-order valence-electron chi connectivity index (χ1n) is 12.6. The Hall–Kier alpha value is -2.61. The molecule has 0 aromatic heterocycles. The quantitative estimate of drug-likeness (QED) is 0.383. The summed E-state index contributed by atoms with van der Waals surface area (Å²) in [6.07, 6.45) is 1.66. The van der Waals surface area contributed by atoms with Gasteiger partial charge in [0.05, 0.1) is 6.61 Å². The summed E-state index contributed by atoms with van der Waals surface area (Å²) in [4.78, 5) is 41.4. The van der Waals surface area contributed by atoms with E-state index in [4.69, 9.17) is 4.74 Å². The summed E-state index contributed by atoms with van der Waals surface area (Å²) in [6.45, 7) is 15.1. The highest BCUT2D eigenvalue weighted by Gasteiger charge is 2.38. The predicted octanol–water partition coefficient (Wildman–Crippen LogP) is 4.02. The number of nitrogens with one attached hydrogen (secondary N) is 2. The molecule has 8 nitrogen and oxygen atoms in total. The number of carbonyl (C=O) groups excluding carboxylic acids is 3. The Kier molecular flexibility index (Phi) is 12.2. The number of rotatable bonds is 12. The van der Waals surface area contributed by atoms with Gasteiger partial charge in [-0.3, -0.25) is 9.59 Å². The summed E-state index contributed by atoms with van der Waals surface area (Å²) in [5.41, 5.74) is 1.87. The summed E-state index contributed by atoms with van der Waals surface area (Å²) >= 11 is 0. The number of aliphatic hydroxyl groups is 1. The van der Waals surface area contributed by atoms with E-state index in [0.717, 1.165) is 24.0 Å². The number of hydrogen-bond donors (Lipinski definition) is 3. The van der Waals surface area contributed by atoms with Crippen molar-refractivity contribution in [1.82, 2.24) is 15.5 Å². The van der Waals surface area contributed by atoms with E-state index in [1.54, 1.807) is 20.8 Å². The van der Waals surface area contributed by atoms with Crippen molar-refractivity contribution in [1.29, 1.82) is 0 Å². The van der Waals surface area contributed by atoms with E-state index in [2.05, 4.69) is 10.6 Å². The topological polar surface area (TPSA) is 108 Å². The molecule has 0 aliphatic carbocycles. The maximum absolute atomic E-state index is 13.9. The Morgan fingerprint density at radius 3 is 2.34 bits per heavy atom. The van der Waals surface area contributed by atoms with Gasteiger partial charge in [0.15, 0.2) is 0 Å². The van der Waals surface area contributed by atoms with Crippen molar-refractivity contribution in [2.75, 3.05) is 19.7 Å². The van der Waals surface area contributed by atoms with Gasteiger partial charge in [-0.25, -0.2) is 4.79 Å². The highest BCUT2D eigenvalue weighted by molar-refractivity contribution is 5.92. The van der Waals surface area contributed by atoms with Crippen LogP contribution in [0.2, 0.25) is 0 Å². The van der Waals surface area contributed by atoms with Crippen LogP contribution in [-0.2, 0) is 14.3 Å². The van der Waals surface area contributed by atoms with Crippen LogP contribution < -0.4 is 10.6 Å². The number of amides is 3. The lowest BCUT2D eigenvalue weighted by Crippen LogP contribution is -2.55. The number of unbranched alkanes of at least 4 members (excludes halogenated alkanes) is 1. The summed E-state index contributed by atoms with van der Waals surface area (Å²) < 4.78 is 5.40. The van der Waals surface area contributed by atoms with E-state index in [0.29, 0.717) is 18.5 Å². The second-order valence-electron chi connectivity index (χ2n) is 10.1. The predicted molar refractivity (Wildman–Crippen MR) is 138 cm³/mol. The Bertz CT molecular complexity index is 850. The summed E-state index contributed by atoms with van der Waals surface area (Å²) in [5, 5.41) is 15.5. The summed E-state index contributed by atoms with van der Waals surface area (Å²) in [5.74, 6) is -0.969. The van der Waals surface area contributed by atoms with Crippen molar-refractivity contribution in [3.8, 4) is 0 Å². The largest absolute Gasteiger partial charge is 0.444 e. The first-order valence-corrected chi connectivity index (χ1v) is 12.6. The average Bonchev–Trinajstić information content (AvgIpc) is 2.77. The third-order valence-corrected chi connectivity index (χ3v) is 6.11. The standard InChI is InChI=1S/C27H45N3O5/c1-9-11-15-28-24(32)23(21-14-12-13-19(4)20(21)5)30(16-17-31)25(33)22(18(3)10-2)29-26(34)35-27(6,7)8/h12-14,18,22-23,31H,9-11,15-17H2,1-8H3,(H,28,32)(H,29,34). The average molecular weight is 492 g/mol. The molecule has 0 saturated carbocycles. The fraction of sp³-hybridized carbons (Fsp3) is 0.667. The van der Waals surface area contributed by atoms with E-state index in [1.165, 1.54) is 4.90 Å². The minimum atomic E-state index is -0.946. The number of aliphatic hydroxyl groups excluding tert-OH is 1. The molecule has 1 aromatic rings. The number of alkyl carbamates (subject to hydrolysis) is 1. The number of carbonyl (C=O) groups is 3. The van der Waals surface area contributed by atoms with Gasteiger partial charge in [-0.2, -0.15) is 0 Å². The van der Waals surface area contributed by atoms with E-state index in [9.17, 15) is 19.5 Å². The van der Waals surface area contributed by atoms with Crippen LogP contribution in [-0.4, -0.2) is 59.3 Å². The lowest BCUT2D eigenvalue weighted by atomic mass is 9.93. The zero-order valence-electron chi connectivity index (χ0n) is 22.7. The van der Waals surface area contributed by atoms with E-state index in [1.807, 2.05) is 52.8 Å². The van der Waals surface area contributed by atoms with E-state index >= 15 is 0 Å². The third kappa shape index (κ3) is 9.17. The van der Waals surface area contributed by atoms with Crippen molar-refractivity contribution in [3.05, 3.63) is 34.9 Å². The molecule has 35 heavy (non-hydrogen) atoms. The van der Waals surface area contributed by atoms with Gasteiger partial charge in [-0.05, 0) is 63.6 Å². The number of nitrogens with zero attached hydrogens (tertiary/aromatic N) is 1. The monoisotopic (exact) mass is 491 g/mol. The van der Waals surface area contributed by atoms with E-state index < -0.39 is 29.7 Å². The van der Waals surface area contributed by atoms with Crippen molar-refractivity contribution < 1.29 is 24.2 Å². The molecule has 1 aromatic carbocycles. The van der Waals surface area contributed by atoms with Gasteiger partial charge in [0.2, 0.25) is 11.8 Å². The summed E-state index contributed by atoms with van der Waals surface area (Å²) in [6, 6.07) is 3.78. The lowest BCUT2D eigenvalue weighted by Gasteiger charge is -2.36. The highest BCUT2D eigenvalue weighted by atomic mass is 16.6. The Balaban J connectivity index is 3.49. The molecule has 3 amide bonds. The maximum Gasteiger partial charge on any atom is 0.408 e. The van der Waals surface area contributed by atoms with Gasteiger partial charge in [0.25, 0.3) is 0 Å². The van der Waals surface area contributed by atoms with Crippen LogP contribution in [0.25, 0.3) is 0 Å². The zero-order chi connectivity index (χ0) is 26.8. The first kappa shape index (κ1) is 30.4.